The van der Waals surface area contributed by atoms with E-state index in [1.54, 1.807) is 0 Å². The van der Waals surface area contributed by atoms with E-state index < -0.39 is 0 Å². The molecule has 2 rings (SSSR count). The predicted molar refractivity (Wildman–Crippen MR) is 56.0 cm³/mol. The molecule has 0 unspecified atom stereocenters. The van der Waals surface area contributed by atoms with Gasteiger partial charge in [0.1, 0.15) is 0 Å². The monoisotopic (exact) mass is 194 g/mol. The van der Waals surface area contributed by atoms with Crippen molar-refractivity contribution in [2.45, 2.75) is 57.2 Å². The van der Waals surface area contributed by atoms with E-state index in [-0.39, 0.29) is 11.6 Å². The molecule has 0 aliphatic carbocycles. The van der Waals surface area contributed by atoms with Crippen molar-refractivity contribution in [2.24, 2.45) is 5.11 Å². The van der Waals surface area contributed by atoms with Crippen LogP contribution in [0.2, 0.25) is 0 Å². The maximum Gasteiger partial charge on any atom is 0.0406 e. The minimum atomic E-state index is 0.217. The summed E-state index contributed by atoms with van der Waals surface area (Å²) >= 11 is 0. The maximum absolute atomic E-state index is 8.47. The summed E-state index contributed by atoms with van der Waals surface area (Å²) in [6.07, 6.45) is 4.65. The van der Waals surface area contributed by atoms with Gasteiger partial charge in [-0.2, -0.15) is 0 Å². The third kappa shape index (κ3) is 1.60. The predicted octanol–water partition coefficient (Wildman–Crippen LogP) is 2.70. The van der Waals surface area contributed by atoms with Crippen molar-refractivity contribution in [1.82, 2.24) is 4.90 Å². The Balaban J connectivity index is 2.15. The van der Waals surface area contributed by atoms with Crippen LogP contribution in [-0.2, 0) is 0 Å². The van der Waals surface area contributed by atoms with E-state index in [4.69, 9.17) is 5.53 Å². The molecule has 2 saturated heterocycles. The van der Waals surface area contributed by atoms with Gasteiger partial charge in [0, 0.05) is 22.5 Å². The van der Waals surface area contributed by atoms with Gasteiger partial charge in [-0.25, -0.2) is 0 Å². The molecule has 78 valence electrons. The fraction of sp³-hybridized carbons (Fsp3) is 1.00. The van der Waals surface area contributed by atoms with E-state index in [2.05, 4.69) is 28.8 Å². The fourth-order valence-electron chi connectivity index (χ4n) is 3.13. The van der Waals surface area contributed by atoms with Gasteiger partial charge < -0.3 is 0 Å². The van der Waals surface area contributed by atoms with Gasteiger partial charge in [0.2, 0.25) is 0 Å². The highest BCUT2D eigenvalue weighted by Crippen LogP contribution is 2.38. The molecule has 0 bridgehead atoms. The molecule has 0 N–H and O–H groups in total. The van der Waals surface area contributed by atoms with Crippen LogP contribution in [0.4, 0.5) is 0 Å². The Bertz CT molecular complexity index is 267. The van der Waals surface area contributed by atoms with E-state index >= 15 is 0 Å². The third-order valence-electron chi connectivity index (χ3n) is 3.65. The fourth-order valence-corrected chi connectivity index (χ4v) is 3.13. The first-order valence-electron chi connectivity index (χ1n) is 5.44. The summed E-state index contributed by atoms with van der Waals surface area (Å²) < 4.78 is 0. The van der Waals surface area contributed by atoms with Crippen molar-refractivity contribution in [3.63, 3.8) is 0 Å². The Labute approximate surface area is 84.9 Å². The number of fused-ring (bicyclic) bond motifs is 1. The highest BCUT2D eigenvalue weighted by Gasteiger charge is 2.42. The summed E-state index contributed by atoms with van der Waals surface area (Å²) in [4.78, 5) is 5.54. The zero-order chi connectivity index (χ0) is 10.2. The summed E-state index contributed by atoms with van der Waals surface area (Å²) in [6.45, 7) is 5.76. The lowest BCUT2D eigenvalue weighted by Crippen LogP contribution is -2.53. The van der Waals surface area contributed by atoms with E-state index in [1.165, 1.54) is 19.4 Å². The van der Waals surface area contributed by atoms with Gasteiger partial charge in [0.05, 0.1) is 0 Å². The van der Waals surface area contributed by atoms with E-state index in [0.29, 0.717) is 6.04 Å². The third-order valence-corrected chi connectivity index (χ3v) is 3.65. The molecule has 0 radical (unpaired) electrons. The number of piperidine rings is 1. The van der Waals surface area contributed by atoms with Crippen LogP contribution in [0.5, 0.6) is 0 Å². The summed E-state index contributed by atoms with van der Waals surface area (Å²) in [5.41, 5.74) is 8.69. The average Bonchev–Trinajstić information content (AvgIpc) is 2.52. The van der Waals surface area contributed by atoms with Crippen LogP contribution in [0, 0.1) is 0 Å². The Kier molecular flexibility index (Phi) is 2.41. The Hall–Kier alpha value is -0.730. The standard InChI is InChI=1S/C10H18N4/c1-10(2)7-8(12-13-11)6-9-4-3-5-14(9)10/h8-9H,3-7H2,1-2H3/t8-,9-/m0/s1. The highest BCUT2D eigenvalue weighted by atomic mass is 15.3. The number of hydrogen-bond donors (Lipinski definition) is 0. The molecule has 0 aromatic rings. The molecule has 2 aliphatic rings. The van der Waals surface area contributed by atoms with Gasteiger partial charge in [-0.15, -0.1) is 0 Å². The molecular weight excluding hydrogens is 176 g/mol. The molecule has 0 aromatic heterocycles. The topological polar surface area (TPSA) is 52.0 Å². The molecule has 0 saturated carbocycles. The summed E-state index contributed by atoms with van der Waals surface area (Å²) in [6, 6.07) is 0.878. The smallest absolute Gasteiger partial charge is 0.0406 e. The highest BCUT2D eigenvalue weighted by molar-refractivity contribution is 5.00. The van der Waals surface area contributed by atoms with Crippen LogP contribution >= 0.6 is 0 Å². The van der Waals surface area contributed by atoms with Crippen LogP contribution < -0.4 is 0 Å². The van der Waals surface area contributed by atoms with Gasteiger partial charge in [-0.1, -0.05) is 5.11 Å². The number of rotatable bonds is 1. The molecule has 4 nitrogen and oxygen atoms in total. The van der Waals surface area contributed by atoms with Crippen molar-refractivity contribution in [3.05, 3.63) is 10.4 Å². The molecule has 2 heterocycles. The second kappa shape index (κ2) is 3.44. The van der Waals surface area contributed by atoms with Crippen LogP contribution in [-0.4, -0.2) is 29.1 Å². The van der Waals surface area contributed by atoms with Gasteiger partial charge in [0.15, 0.2) is 0 Å². The Morgan fingerprint density at radius 1 is 1.50 bits per heavy atom. The van der Waals surface area contributed by atoms with Crippen molar-refractivity contribution in [1.29, 1.82) is 0 Å². The lowest BCUT2D eigenvalue weighted by atomic mass is 9.84. The summed E-state index contributed by atoms with van der Waals surface area (Å²) in [7, 11) is 0. The molecular formula is C10H18N4. The van der Waals surface area contributed by atoms with E-state index in [9.17, 15) is 0 Å². The zero-order valence-corrected chi connectivity index (χ0v) is 8.98. The average molecular weight is 194 g/mol. The number of hydrogen-bond acceptors (Lipinski definition) is 2. The van der Waals surface area contributed by atoms with E-state index in [1.807, 2.05) is 0 Å². The van der Waals surface area contributed by atoms with Crippen LogP contribution in [0.3, 0.4) is 0 Å². The molecule has 0 spiro atoms. The molecule has 2 atom stereocenters. The lowest BCUT2D eigenvalue weighted by Gasteiger charge is -2.46. The van der Waals surface area contributed by atoms with Crippen LogP contribution in [0.25, 0.3) is 10.4 Å². The van der Waals surface area contributed by atoms with Gasteiger partial charge in [0.25, 0.3) is 0 Å². The SMILES string of the molecule is CC1(C)C[C@@H](N=[N+]=[N-])C[C@@H]2CCCN21. The maximum atomic E-state index is 8.47. The Morgan fingerprint density at radius 2 is 2.29 bits per heavy atom. The zero-order valence-electron chi connectivity index (χ0n) is 8.98. The van der Waals surface area contributed by atoms with Gasteiger partial charge in [-0.05, 0) is 51.6 Å². The van der Waals surface area contributed by atoms with Crippen LogP contribution in [0.15, 0.2) is 5.11 Å². The van der Waals surface area contributed by atoms with Crippen molar-refractivity contribution in [3.8, 4) is 0 Å². The summed E-state index contributed by atoms with van der Waals surface area (Å²) in [5.74, 6) is 0. The minimum absolute atomic E-state index is 0.217. The second-order valence-corrected chi connectivity index (χ2v) is 5.10. The first-order valence-corrected chi connectivity index (χ1v) is 5.44. The minimum Gasteiger partial charge on any atom is -0.295 e. The van der Waals surface area contributed by atoms with E-state index in [0.717, 1.165) is 12.8 Å². The second-order valence-electron chi connectivity index (χ2n) is 5.10. The molecule has 14 heavy (non-hydrogen) atoms. The quantitative estimate of drug-likeness (QED) is 0.359. The van der Waals surface area contributed by atoms with Crippen molar-refractivity contribution in [2.75, 3.05) is 6.54 Å². The molecule has 2 fully saturated rings. The lowest BCUT2D eigenvalue weighted by molar-refractivity contribution is 0.0463. The normalized spacial score (nSPS) is 36.1. The van der Waals surface area contributed by atoms with Crippen molar-refractivity contribution >= 4 is 0 Å². The number of nitrogens with zero attached hydrogens (tertiary/aromatic N) is 4. The largest absolute Gasteiger partial charge is 0.295 e. The summed E-state index contributed by atoms with van der Waals surface area (Å²) in [5, 5.41) is 3.89. The van der Waals surface area contributed by atoms with Crippen LogP contribution in [0.1, 0.15) is 39.5 Å². The molecule has 0 amide bonds. The molecule has 0 aromatic carbocycles. The first kappa shape index (κ1) is 9.81. The Morgan fingerprint density at radius 3 is 3.00 bits per heavy atom. The first-order chi connectivity index (χ1) is 6.63. The van der Waals surface area contributed by atoms with Gasteiger partial charge >= 0.3 is 0 Å². The molecule has 4 heteroatoms. The van der Waals surface area contributed by atoms with Crippen molar-refractivity contribution < 1.29 is 0 Å². The number of azide groups is 1. The van der Waals surface area contributed by atoms with Gasteiger partial charge in [-0.3, -0.25) is 4.90 Å². The molecule has 2 aliphatic heterocycles.